The third-order valence-electron chi connectivity index (χ3n) is 5.43. The van der Waals surface area contributed by atoms with Crippen molar-refractivity contribution in [2.24, 2.45) is 0 Å². The van der Waals surface area contributed by atoms with Crippen LogP contribution in [0.1, 0.15) is 24.4 Å². The Morgan fingerprint density at radius 3 is 2.38 bits per heavy atom. The van der Waals surface area contributed by atoms with E-state index in [1.54, 1.807) is 0 Å². The van der Waals surface area contributed by atoms with Gasteiger partial charge in [-0.05, 0) is 48.7 Å². The number of nitrogens with zero attached hydrogens (tertiary/aromatic N) is 2. The molecule has 1 saturated heterocycles. The monoisotopic (exact) mass is 416 g/mol. The minimum atomic E-state index is -3.66. The highest BCUT2D eigenvalue weighted by molar-refractivity contribution is 7.89. The second-order valence-corrected chi connectivity index (χ2v) is 9.18. The molecule has 152 valence electrons. The Labute approximate surface area is 168 Å². The average Bonchev–Trinajstić information content (AvgIpc) is 3.06. The molecule has 29 heavy (non-hydrogen) atoms. The van der Waals surface area contributed by atoms with Gasteiger partial charge in [-0.15, -0.1) is 0 Å². The fourth-order valence-corrected chi connectivity index (χ4v) is 5.47. The topological polar surface area (TPSA) is 79.6 Å². The first-order valence-corrected chi connectivity index (χ1v) is 10.9. The maximum absolute atomic E-state index is 13.1. The lowest BCUT2D eigenvalue weighted by atomic mass is 10.1. The molecule has 6 nitrogen and oxygen atoms in total. The summed E-state index contributed by atoms with van der Waals surface area (Å²) < 4.78 is 42.2. The third-order valence-corrected chi connectivity index (χ3v) is 7.35. The molecule has 0 spiro atoms. The van der Waals surface area contributed by atoms with Gasteiger partial charge in [0.1, 0.15) is 5.82 Å². The van der Waals surface area contributed by atoms with Crippen molar-refractivity contribution in [1.82, 2.24) is 8.87 Å². The molecule has 0 amide bonds. The van der Waals surface area contributed by atoms with Crippen molar-refractivity contribution in [2.45, 2.75) is 30.2 Å². The summed E-state index contributed by atoms with van der Waals surface area (Å²) in [5.74, 6) is -1.35. The molecule has 0 unspecified atom stereocenters. The van der Waals surface area contributed by atoms with E-state index in [9.17, 15) is 22.7 Å². The van der Waals surface area contributed by atoms with Crippen LogP contribution < -0.4 is 0 Å². The van der Waals surface area contributed by atoms with Gasteiger partial charge < -0.3 is 9.67 Å². The standard InChI is InChI=1S/C21H21FN2O4S/c22-16-5-7-18(8-6-16)29(27,28)23-11-9-17(10-12-23)24-14-15(13-21(25)26)19-3-1-2-4-20(19)24/h1-8,14,17H,9-13H2,(H,25,26). The third kappa shape index (κ3) is 3.77. The number of benzene rings is 2. The number of carboxylic acids is 1. The van der Waals surface area contributed by atoms with E-state index >= 15 is 0 Å². The summed E-state index contributed by atoms with van der Waals surface area (Å²) >= 11 is 0. The minimum absolute atomic E-state index is 0.0503. The summed E-state index contributed by atoms with van der Waals surface area (Å²) in [5, 5.41) is 10.1. The molecule has 1 fully saturated rings. The zero-order valence-corrected chi connectivity index (χ0v) is 16.5. The maximum atomic E-state index is 13.1. The number of piperidine rings is 1. The number of rotatable bonds is 5. The normalized spacial score (nSPS) is 16.3. The van der Waals surface area contributed by atoms with Gasteiger partial charge in [0.25, 0.3) is 0 Å². The van der Waals surface area contributed by atoms with Gasteiger partial charge in [0.2, 0.25) is 10.0 Å². The molecule has 0 atom stereocenters. The molecule has 1 aliphatic rings. The predicted octanol–water partition coefficient (Wildman–Crippen LogP) is 3.43. The van der Waals surface area contributed by atoms with Crippen molar-refractivity contribution >= 4 is 26.9 Å². The highest BCUT2D eigenvalue weighted by Gasteiger charge is 2.30. The first kappa shape index (κ1) is 19.6. The van der Waals surface area contributed by atoms with E-state index in [1.165, 1.54) is 16.4 Å². The Kier molecular flexibility index (Phi) is 5.14. The smallest absolute Gasteiger partial charge is 0.307 e. The Balaban J connectivity index is 1.56. The van der Waals surface area contributed by atoms with Crippen molar-refractivity contribution in [1.29, 1.82) is 0 Å². The van der Waals surface area contributed by atoms with Crippen molar-refractivity contribution < 1.29 is 22.7 Å². The fourth-order valence-electron chi connectivity index (χ4n) is 4.00. The zero-order chi connectivity index (χ0) is 20.6. The summed E-state index contributed by atoms with van der Waals surface area (Å²) in [6, 6.07) is 12.6. The summed E-state index contributed by atoms with van der Waals surface area (Å²) in [6.07, 6.45) is 3.07. The van der Waals surface area contributed by atoms with Crippen LogP contribution in [0, 0.1) is 5.82 Å². The predicted molar refractivity (Wildman–Crippen MR) is 107 cm³/mol. The average molecular weight is 416 g/mol. The van der Waals surface area contributed by atoms with E-state index < -0.39 is 21.8 Å². The number of sulfonamides is 1. The van der Waals surface area contributed by atoms with Gasteiger partial charge in [0.15, 0.2) is 0 Å². The van der Waals surface area contributed by atoms with Crippen LogP contribution >= 0.6 is 0 Å². The number of para-hydroxylation sites is 1. The molecule has 1 aliphatic heterocycles. The molecule has 0 saturated carbocycles. The largest absolute Gasteiger partial charge is 0.481 e. The molecule has 0 aliphatic carbocycles. The SMILES string of the molecule is O=C(O)Cc1cn(C2CCN(S(=O)(=O)c3ccc(F)cc3)CC2)c2ccccc12. The lowest BCUT2D eigenvalue weighted by molar-refractivity contribution is -0.136. The molecule has 2 aromatic carbocycles. The number of aliphatic carboxylic acids is 1. The van der Waals surface area contributed by atoms with Gasteiger partial charge in [0, 0.05) is 36.2 Å². The number of halogens is 1. The molecule has 0 bridgehead atoms. The Hall–Kier alpha value is -2.71. The summed E-state index contributed by atoms with van der Waals surface area (Å²) in [5.41, 5.74) is 1.72. The maximum Gasteiger partial charge on any atom is 0.307 e. The summed E-state index contributed by atoms with van der Waals surface area (Å²) in [4.78, 5) is 11.3. The lowest BCUT2D eigenvalue weighted by Gasteiger charge is -2.32. The van der Waals surface area contributed by atoms with Crippen LogP contribution in [0.25, 0.3) is 10.9 Å². The van der Waals surface area contributed by atoms with Gasteiger partial charge in [0.05, 0.1) is 11.3 Å². The van der Waals surface area contributed by atoms with E-state index in [0.717, 1.165) is 28.6 Å². The Bertz CT molecular complexity index is 1150. The van der Waals surface area contributed by atoms with E-state index in [-0.39, 0.29) is 17.4 Å². The van der Waals surface area contributed by atoms with Crippen LogP contribution in [0.15, 0.2) is 59.6 Å². The number of hydrogen-bond donors (Lipinski definition) is 1. The van der Waals surface area contributed by atoms with Gasteiger partial charge in [-0.25, -0.2) is 12.8 Å². The molecule has 3 aromatic rings. The first-order chi connectivity index (χ1) is 13.9. The van der Waals surface area contributed by atoms with E-state index in [2.05, 4.69) is 4.57 Å². The van der Waals surface area contributed by atoms with Crippen molar-refractivity contribution in [2.75, 3.05) is 13.1 Å². The first-order valence-electron chi connectivity index (χ1n) is 9.42. The molecule has 1 aromatic heterocycles. The van der Waals surface area contributed by atoms with Gasteiger partial charge in [-0.1, -0.05) is 18.2 Å². The highest BCUT2D eigenvalue weighted by atomic mass is 32.2. The fraction of sp³-hybridized carbons (Fsp3) is 0.286. The van der Waals surface area contributed by atoms with E-state index in [1.807, 2.05) is 30.5 Å². The molecule has 2 heterocycles. The second-order valence-electron chi connectivity index (χ2n) is 7.24. The van der Waals surface area contributed by atoms with Crippen LogP contribution in [0.4, 0.5) is 4.39 Å². The number of aromatic nitrogens is 1. The van der Waals surface area contributed by atoms with Crippen LogP contribution in [-0.2, 0) is 21.2 Å². The number of carboxylic acid groups (broad SMARTS) is 1. The van der Waals surface area contributed by atoms with Crippen LogP contribution in [0.3, 0.4) is 0 Å². The van der Waals surface area contributed by atoms with Gasteiger partial charge in [-0.3, -0.25) is 4.79 Å². The molecule has 4 rings (SSSR count). The summed E-state index contributed by atoms with van der Waals surface area (Å²) in [7, 11) is -3.66. The second kappa shape index (κ2) is 7.61. The minimum Gasteiger partial charge on any atom is -0.481 e. The van der Waals surface area contributed by atoms with Gasteiger partial charge >= 0.3 is 5.97 Å². The lowest BCUT2D eigenvalue weighted by Crippen LogP contribution is -2.38. The highest BCUT2D eigenvalue weighted by Crippen LogP contribution is 2.32. The number of fused-ring (bicyclic) bond motifs is 1. The van der Waals surface area contributed by atoms with Crippen molar-refractivity contribution in [3.8, 4) is 0 Å². The van der Waals surface area contributed by atoms with E-state index in [4.69, 9.17) is 0 Å². The molecule has 0 radical (unpaired) electrons. The zero-order valence-electron chi connectivity index (χ0n) is 15.7. The Morgan fingerprint density at radius 1 is 1.07 bits per heavy atom. The van der Waals surface area contributed by atoms with E-state index in [0.29, 0.717) is 25.9 Å². The number of carbonyl (C=O) groups is 1. The Morgan fingerprint density at radius 2 is 1.72 bits per heavy atom. The van der Waals surface area contributed by atoms with Gasteiger partial charge in [-0.2, -0.15) is 4.31 Å². The summed E-state index contributed by atoms with van der Waals surface area (Å²) in [6.45, 7) is 0.705. The van der Waals surface area contributed by atoms with Crippen LogP contribution in [0.5, 0.6) is 0 Å². The van der Waals surface area contributed by atoms with Crippen molar-refractivity contribution in [3.63, 3.8) is 0 Å². The number of hydrogen-bond acceptors (Lipinski definition) is 3. The molecular formula is C21H21FN2O4S. The molecule has 8 heteroatoms. The van der Waals surface area contributed by atoms with Crippen LogP contribution in [0.2, 0.25) is 0 Å². The molecular weight excluding hydrogens is 395 g/mol. The van der Waals surface area contributed by atoms with Crippen LogP contribution in [-0.4, -0.2) is 41.5 Å². The quantitative estimate of drug-likeness (QED) is 0.691. The van der Waals surface area contributed by atoms with Crippen molar-refractivity contribution in [3.05, 3.63) is 66.1 Å². The molecule has 1 N–H and O–H groups in total.